The molecule has 1 N–H and O–H groups in total. The number of rotatable bonds is 5. The van der Waals surface area contributed by atoms with E-state index >= 15 is 0 Å². The third kappa shape index (κ3) is 4.60. The Morgan fingerprint density at radius 1 is 1.33 bits per heavy atom. The van der Waals surface area contributed by atoms with Gasteiger partial charge in [-0.3, -0.25) is 9.59 Å². The first-order valence-corrected chi connectivity index (χ1v) is 7.06. The molecule has 2 amide bonds. The molecule has 5 nitrogen and oxygen atoms in total. The number of carbonyl (C=O) groups is 2. The molecule has 0 saturated carbocycles. The van der Waals surface area contributed by atoms with Gasteiger partial charge in [-0.1, -0.05) is 11.6 Å². The zero-order valence-corrected chi connectivity index (χ0v) is 12.2. The van der Waals surface area contributed by atoms with Crippen molar-refractivity contribution in [2.45, 2.75) is 12.8 Å². The van der Waals surface area contributed by atoms with E-state index < -0.39 is 11.7 Å². The fourth-order valence-corrected chi connectivity index (χ4v) is 2.19. The van der Waals surface area contributed by atoms with Crippen LogP contribution in [0.15, 0.2) is 18.2 Å². The lowest BCUT2D eigenvalue weighted by Crippen LogP contribution is -2.40. The number of hydrogen-bond donors (Lipinski definition) is 1. The summed E-state index contributed by atoms with van der Waals surface area (Å²) in [5.74, 6) is -0.763. The third-order valence-electron chi connectivity index (χ3n) is 3.16. The number of likely N-dealkylation sites (tertiary alicyclic amines) is 1. The SMILES string of the molecule is O=C(COc1ccc(F)c(Cl)c1)NCC(=O)N1CCCC1. The van der Waals surface area contributed by atoms with Crippen LogP contribution in [-0.4, -0.2) is 43.0 Å². The van der Waals surface area contributed by atoms with Crippen LogP contribution < -0.4 is 10.1 Å². The van der Waals surface area contributed by atoms with Crippen LogP contribution in [0.5, 0.6) is 5.75 Å². The summed E-state index contributed by atoms with van der Waals surface area (Å²) >= 11 is 5.60. The molecular weight excluding hydrogens is 299 g/mol. The van der Waals surface area contributed by atoms with Gasteiger partial charge in [0.2, 0.25) is 5.91 Å². The van der Waals surface area contributed by atoms with Crippen LogP contribution in [0.2, 0.25) is 5.02 Å². The molecule has 21 heavy (non-hydrogen) atoms. The maximum absolute atomic E-state index is 12.9. The molecule has 1 saturated heterocycles. The second-order valence-corrected chi connectivity index (χ2v) is 5.14. The van der Waals surface area contributed by atoms with Gasteiger partial charge in [0.15, 0.2) is 6.61 Å². The van der Waals surface area contributed by atoms with Crippen LogP contribution in [0.1, 0.15) is 12.8 Å². The Hall–Kier alpha value is -1.82. The summed E-state index contributed by atoms with van der Waals surface area (Å²) in [6.07, 6.45) is 2.02. The van der Waals surface area contributed by atoms with Crippen molar-refractivity contribution in [3.05, 3.63) is 29.0 Å². The summed E-state index contributed by atoms with van der Waals surface area (Å²) in [5, 5.41) is 2.42. The molecule has 0 aliphatic carbocycles. The molecule has 1 aliphatic heterocycles. The molecule has 1 heterocycles. The van der Waals surface area contributed by atoms with Gasteiger partial charge in [0, 0.05) is 19.2 Å². The van der Waals surface area contributed by atoms with Gasteiger partial charge in [0.25, 0.3) is 5.91 Å². The Morgan fingerprint density at radius 3 is 2.71 bits per heavy atom. The number of carbonyl (C=O) groups excluding carboxylic acids is 2. The Balaban J connectivity index is 1.71. The highest BCUT2D eigenvalue weighted by atomic mass is 35.5. The molecule has 1 aliphatic rings. The summed E-state index contributed by atoms with van der Waals surface area (Å²) in [4.78, 5) is 25.0. The van der Waals surface area contributed by atoms with Crippen LogP contribution in [0.4, 0.5) is 4.39 Å². The van der Waals surface area contributed by atoms with Crippen molar-refractivity contribution in [2.24, 2.45) is 0 Å². The minimum atomic E-state index is -0.551. The molecule has 0 aromatic heterocycles. The van der Waals surface area contributed by atoms with Crippen LogP contribution in [0, 0.1) is 5.82 Å². The predicted molar refractivity (Wildman–Crippen MR) is 75.7 cm³/mol. The van der Waals surface area contributed by atoms with Gasteiger partial charge in [-0.25, -0.2) is 4.39 Å². The first-order chi connectivity index (χ1) is 10.1. The van der Waals surface area contributed by atoms with Gasteiger partial charge in [-0.15, -0.1) is 0 Å². The quantitative estimate of drug-likeness (QED) is 0.898. The average molecular weight is 315 g/mol. The van der Waals surface area contributed by atoms with E-state index in [2.05, 4.69) is 5.32 Å². The van der Waals surface area contributed by atoms with E-state index in [1.54, 1.807) is 4.90 Å². The minimum absolute atomic E-state index is 0.0353. The average Bonchev–Trinajstić information content (AvgIpc) is 3.00. The second kappa shape index (κ2) is 7.26. The molecule has 0 spiro atoms. The number of halogens is 2. The van der Waals surface area contributed by atoms with E-state index in [0.29, 0.717) is 5.75 Å². The van der Waals surface area contributed by atoms with Crippen molar-refractivity contribution in [3.63, 3.8) is 0 Å². The summed E-state index contributed by atoms with van der Waals surface area (Å²) in [7, 11) is 0. The van der Waals surface area contributed by atoms with Crippen LogP contribution in [0.25, 0.3) is 0 Å². The molecule has 0 atom stereocenters. The summed E-state index contributed by atoms with van der Waals surface area (Å²) in [5.41, 5.74) is 0. The first-order valence-electron chi connectivity index (χ1n) is 6.68. The number of nitrogens with one attached hydrogen (secondary N) is 1. The Labute approximate surface area is 127 Å². The van der Waals surface area contributed by atoms with E-state index in [4.69, 9.17) is 16.3 Å². The van der Waals surface area contributed by atoms with Crippen LogP contribution >= 0.6 is 11.6 Å². The highest BCUT2D eigenvalue weighted by molar-refractivity contribution is 6.30. The molecule has 1 fully saturated rings. The molecule has 0 unspecified atom stereocenters. The molecule has 7 heteroatoms. The monoisotopic (exact) mass is 314 g/mol. The number of nitrogens with zero attached hydrogens (tertiary/aromatic N) is 1. The van der Waals surface area contributed by atoms with Gasteiger partial charge in [-0.05, 0) is 25.0 Å². The Bertz CT molecular complexity index is 533. The van der Waals surface area contributed by atoms with Crippen molar-refractivity contribution in [2.75, 3.05) is 26.2 Å². The molecule has 0 radical (unpaired) electrons. The van der Waals surface area contributed by atoms with Crippen molar-refractivity contribution < 1.29 is 18.7 Å². The molecule has 1 aromatic rings. The van der Waals surface area contributed by atoms with Crippen LogP contribution in [-0.2, 0) is 9.59 Å². The van der Waals surface area contributed by atoms with Gasteiger partial charge < -0.3 is 15.0 Å². The standard InChI is InChI=1S/C14H16ClFN2O3/c15-11-7-10(3-4-12(11)16)21-9-13(19)17-8-14(20)18-5-1-2-6-18/h3-4,7H,1-2,5-6,8-9H2,(H,17,19). The third-order valence-corrected chi connectivity index (χ3v) is 3.45. The molecule has 1 aromatic carbocycles. The molecular formula is C14H16ClFN2O3. The minimum Gasteiger partial charge on any atom is -0.484 e. The number of amides is 2. The maximum atomic E-state index is 12.9. The van der Waals surface area contributed by atoms with Crippen molar-refractivity contribution >= 4 is 23.4 Å². The number of hydrogen-bond acceptors (Lipinski definition) is 3. The fourth-order valence-electron chi connectivity index (χ4n) is 2.02. The lowest BCUT2D eigenvalue weighted by atomic mass is 10.3. The van der Waals surface area contributed by atoms with E-state index in [-0.39, 0.29) is 24.1 Å². The molecule has 0 bridgehead atoms. The molecule has 114 valence electrons. The van der Waals surface area contributed by atoms with E-state index in [1.807, 2.05) is 0 Å². The second-order valence-electron chi connectivity index (χ2n) is 4.73. The van der Waals surface area contributed by atoms with Gasteiger partial charge in [0.1, 0.15) is 11.6 Å². The summed E-state index contributed by atoms with van der Waals surface area (Å²) in [6, 6.07) is 3.83. The topological polar surface area (TPSA) is 58.6 Å². The lowest BCUT2D eigenvalue weighted by Gasteiger charge is -2.15. The van der Waals surface area contributed by atoms with Crippen LogP contribution in [0.3, 0.4) is 0 Å². The van der Waals surface area contributed by atoms with Crippen molar-refractivity contribution in [3.8, 4) is 5.75 Å². The van der Waals surface area contributed by atoms with E-state index in [0.717, 1.165) is 32.0 Å². The zero-order valence-electron chi connectivity index (χ0n) is 11.4. The smallest absolute Gasteiger partial charge is 0.258 e. The largest absolute Gasteiger partial charge is 0.484 e. The highest BCUT2D eigenvalue weighted by Gasteiger charge is 2.18. The summed E-state index contributed by atoms with van der Waals surface area (Å²) < 4.78 is 18.1. The maximum Gasteiger partial charge on any atom is 0.258 e. The normalized spacial score (nSPS) is 14.1. The number of ether oxygens (including phenoxy) is 1. The van der Waals surface area contributed by atoms with Crippen molar-refractivity contribution in [1.29, 1.82) is 0 Å². The Morgan fingerprint density at radius 2 is 2.05 bits per heavy atom. The van der Waals surface area contributed by atoms with Gasteiger partial charge >= 0.3 is 0 Å². The summed E-state index contributed by atoms with van der Waals surface area (Å²) in [6.45, 7) is 1.21. The predicted octanol–water partition coefficient (Wildman–Crippen LogP) is 1.60. The Kier molecular flexibility index (Phi) is 5.38. The van der Waals surface area contributed by atoms with Gasteiger partial charge in [0.05, 0.1) is 11.6 Å². The first kappa shape index (κ1) is 15.6. The van der Waals surface area contributed by atoms with E-state index in [9.17, 15) is 14.0 Å². The van der Waals surface area contributed by atoms with Gasteiger partial charge in [-0.2, -0.15) is 0 Å². The van der Waals surface area contributed by atoms with Crippen molar-refractivity contribution in [1.82, 2.24) is 10.2 Å². The van der Waals surface area contributed by atoms with E-state index in [1.165, 1.54) is 12.1 Å². The fraction of sp³-hybridized carbons (Fsp3) is 0.429. The lowest BCUT2D eigenvalue weighted by molar-refractivity contribution is -0.132. The highest BCUT2D eigenvalue weighted by Crippen LogP contribution is 2.20. The molecule has 2 rings (SSSR count). The number of benzene rings is 1. The zero-order chi connectivity index (χ0) is 15.2.